The second-order valence-corrected chi connectivity index (χ2v) is 7.40. The third-order valence-electron chi connectivity index (χ3n) is 4.55. The van der Waals surface area contributed by atoms with Crippen LogP contribution in [0.15, 0.2) is 53.6 Å². The summed E-state index contributed by atoms with van der Waals surface area (Å²) in [7, 11) is 1.97. The minimum Gasteiger partial charge on any atom is -0.369 e. The van der Waals surface area contributed by atoms with Crippen LogP contribution in [0, 0.1) is 13.8 Å². The van der Waals surface area contributed by atoms with Gasteiger partial charge in [-0.25, -0.2) is 10.5 Å². The van der Waals surface area contributed by atoms with Crippen LogP contribution in [-0.2, 0) is 11.3 Å². The van der Waals surface area contributed by atoms with Crippen LogP contribution < -0.4 is 15.5 Å². The third kappa shape index (κ3) is 5.02. The lowest BCUT2D eigenvalue weighted by molar-refractivity contribution is -0.732. The Kier molecular flexibility index (Phi) is 6.36. The van der Waals surface area contributed by atoms with E-state index in [4.69, 9.17) is 4.28 Å². The zero-order valence-electron chi connectivity index (χ0n) is 16.1. The van der Waals surface area contributed by atoms with Crippen molar-refractivity contribution in [1.29, 1.82) is 0 Å². The first-order valence-electron chi connectivity index (χ1n) is 8.94. The first-order valence-corrected chi connectivity index (χ1v) is 9.68. The van der Waals surface area contributed by atoms with Crippen molar-refractivity contribution < 1.29 is 8.97 Å². The summed E-state index contributed by atoms with van der Waals surface area (Å²) in [4.78, 5) is 5.39. The highest BCUT2D eigenvalue weighted by atomic mass is 32.2. The Hall–Kier alpha value is -2.51. The number of H-pyrrole nitrogens is 1. The molecule has 0 radical (unpaired) electrons. The van der Waals surface area contributed by atoms with Crippen molar-refractivity contribution in [1.82, 2.24) is 10.1 Å². The highest BCUT2D eigenvalue weighted by molar-refractivity contribution is 7.94. The molecular weight excluding hydrogens is 358 g/mol. The summed E-state index contributed by atoms with van der Waals surface area (Å²) in [6, 6.07) is 14.4. The summed E-state index contributed by atoms with van der Waals surface area (Å²) in [6.45, 7) is 7.07. The molecule has 0 bridgehead atoms. The van der Waals surface area contributed by atoms with Crippen molar-refractivity contribution in [3.8, 4) is 0 Å². The van der Waals surface area contributed by atoms with Crippen LogP contribution in [0.1, 0.15) is 29.8 Å². The number of nitrogens with one attached hydrogen (secondary N) is 3. The second kappa shape index (κ2) is 8.92. The van der Waals surface area contributed by atoms with Crippen LogP contribution in [0.25, 0.3) is 0 Å². The van der Waals surface area contributed by atoms with Crippen LogP contribution in [0.2, 0.25) is 0 Å². The number of aromatic nitrogens is 3. The van der Waals surface area contributed by atoms with Crippen molar-refractivity contribution in [2.75, 3.05) is 17.3 Å². The van der Waals surface area contributed by atoms with Gasteiger partial charge in [0, 0.05) is 19.7 Å². The van der Waals surface area contributed by atoms with Gasteiger partial charge in [-0.15, -0.1) is 4.68 Å². The molecule has 0 amide bonds. The van der Waals surface area contributed by atoms with Gasteiger partial charge in [0.2, 0.25) is 5.69 Å². The van der Waals surface area contributed by atoms with E-state index in [-0.39, 0.29) is 0 Å². The van der Waals surface area contributed by atoms with Crippen molar-refractivity contribution in [3.05, 3.63) is 65.6 Å². The molecule has 27 heavy (non-hydrogen) atoms. The molecule has 0 saturated carbocycles. The standard InChI is InChI=1S/C20H25N5OS/c1-14(17-8-6-5-7-9-17)12-21-19-11-10-18(13-22-19)27-26-24-20-15(2)23-25(4)16(20)3/h5-11,13-14,24H,12H2,1-4H3,(H,21,22)/p+1. The first kappa shape index (κ1) is 19.3. The number of hydrogen-bond acceptors (Lipinski definition) is 5. The van der Waals surface area contributed by atoms with Crippen molar-refractivity contribution in [2.24, 2.45) is 7.05 Å². The predicted octanol–water partition coefficient (Wildman–Crippen LogP) is 4.12. The van der Waals surface area contributed by atoms with Crippen molar-refractivity contribution >= 4 is 23.5 Å². The van der Waals surface area contributed by atoms with Gasteiger partial charge in [0.25, 0.3) is 0 Å². The third-order valence-corrected chi connectivity index (χ3v) is 5.15. The minimum absolute atomic E-state index is 0.420. The maximum atomic E-state index is 5.55. The van der Waals surface area contributed by atoms with Crippen LogP contribution in [0.5, 0.6) is 0 Å². The van der Waals surface area contributed by atoms with E-state index in [9.17, 15) is 0 Å². The number of hydrogen-bond donors (Lipinski definition) is 3. The Balaban J connectivity index is 1.47. The highest BCUT2D eigenvalue weighted by Gasteiger charge is 2.15. The van der Waals surface area contributed by atoms with Gasteiger partial charge in [-0.1, -0.05) is 37.3 Å². The highest BCUT2D eigenvalue weighted by Crippen LogP contribution is 2.23. The molecule has 0 fully saturated rings. The smallest absolute Gasteiger partial charge is 0.229 e. The molecule has 2 heterocycles. The lowest BCUT2D eigenvalue weighted by Crippen LogP contribution is -2.32. The molecule has 0 aliphatic carbocycles. The summed E-state index contributed by atoms with van der Waals surface area (Å²) >= 11 is 1.25. The summed E-state index contributed by atoms with van der Waals surface area (Å²) in [6.07, 6.45) is 1.80. The number of benzene rings is 1. The van der Waals surface area contributed by atoms with Crippen LogP contribution >= 0.6 is 12.0 Å². The Morgan fingerprint density at radius 2 is 1.96 bits per heavy atom. The summed E-state index contributed by atoms with van der Waals surface area (Å²) in [5, 5.41) is 6.60. The number of nitrogens with zero attached hydrogens (tertiary/aromatic N) is 2. The zero-order chi connectivity index (χ0) is 19.2. The molecule has 3 rings (SSSR count). The maximum Gasteiger partial charge on any atom is 0.229 e. The molecule has 1 unspecified atom stereocenters. The molecule has 2 aromatic heterocycles. The van der Waals surface area contributed by atoms with E-state index in [0.717, 1.165) is 34.3 Å². The van der Waals surface area contributed by atoms with Crippen LogP contribution in [0.4, 0.5) is 11.5 Å². The van der Waals surface area contributed by atoms with Gasteiger partial charge in [-0.3, -0.25) is 0 Å². The fourth-order valence-electron chi connectivity index (χ4n) is 2.78. The van der Waals surface area contributed by atoms with Gasteiger partial charge in [0.05, 0.1) is 16.9 Å². The molecule has 0 spiro atoms. The zero-order valence-corrected chi connectivity index (χ0v) is 16.9. The molecule has 6 nitrogen and oxygen atoms in total. The molecule has 1 aromatic carbocycles. The lowest BCUT2D eigenvalue weighted by Gasteiger charge is -2.13. The summed E-state index contributed by atoms with van der Waals surface area (Å²) in [5.74, 6) is 1.28. The maximum absolute atomic E-state index is 5.55. The van der Waals surface area contributed by atoms with Crippen molar-refractivity contribution in [3.63, 3.8) is 0 Å². The van der Waals surface area contributed by atoms with E-state index in [0.29, 0.717) is 5.92 Å². The minimum atomic E-state index is 0.420. The molecule has 1 atom stereocenters. The largest absolute Gasteiger partial charge is 0.369 e. The normalized spacial score (nSPS) is 12.0. The SMILES string of the molecule is Cc1[nH][n+](C)c(C)c1NOSc1ccc(NCC(C)c2ccccc2)nc1. The fourth-order valence-corrected chi connectivity index (χ4v) is 3.22. The topological polar surface area (TPSA) is 65.8 Å². The molecular formula is C20H26N5OS+. The molecule has 7 heteroatoms. The molecule has 3 N–H and O–H groups in total. The molecule has 3 aromatic rings. The predicted molar refractivity (Wildman–Crippen MR) is 110 cm³/mol. The van der Waals surface area contributed by atoms with Crippen LogP contribution in [0.3, 0.4) is 0 Å². The quantitative estimate of drug-likeness (QED) is 0.310. The number of pyridine rings is 1. The summed E-state index contributed by atoms with van der Waals surface area (Å²) < 4.78 is 7.50. The average molecular weight is 385 g/mol. The Bertz CT molecular complexity index is 864. The van der Waals surface area contributed by atoms with E-state index >= 15 is 0 Å². The Morgan fingerprint density at radius 3 is 2.59 bits per heavy atom. The van der Waals surface area contributed by atoms with Gasteiger partial charge in [0.15, 0.2) is 12.7 Å². The fraction of sp³-hybridized carbons (Fsp3) is 0.300. The van der Waals surface area contributed by atoms with E-state index in [1.807, 2.05) is 43.8 Å². The van der Waals surface area contributed by atoms with Gasteiger partial charge in [-0.2, -0.15) is 9.38 Å². The number of aromatic amines is 1. The van der Waals surface area contributed by atoms with Gasteiger partial charge >= 0.3 is 0 Å². The number of rotatable bonds is 8. The van der Waals surface area contributed by atoms with E-state index in [2.05, 4.69) is 52.1 Å². The number of aryl methyl sites for hydroxylation is 2. The molecule has 0 saturated heterocycles. The molecule has 0 aliphatic heterocycles. The van der Waals surface area contributed by atoms with Gasteiger partial charge in [-0.05, 0) is 30.5 Å². The number of anilines is 2. The van der Waals surface area contributed by atoms with E-state index in [1.165, 1.54) is 17.6 Å². The van der Waals surface area contributed by atoms with Crippen molar-refractivity contribution in [2.45, 2.75) is 31.6 Å². The van der Waals surface area contributed by atoms with Gasteiger partial charge in [0.1, 0.15) is 11.5 Å². The summed E-state index contributed by atoms with van der Waals surface area (Å²) in [5.41, 5.74) is 7.37. The van der Waals surface area contributed by atoms with E-state index < -0.39 is 0 Å². The van der Waals surface area contributed by atoms with E-state index in [1.54, 1.807) is 6.20 Å². The molecule has 0 aliphatic rings. The monoisotopic (exact) mass is 384 g/mol. The molecule has 142 valence electrons. The Morgan fingerprint density at radius 1 is 1.19 bits per heavy atom. The van der Waals surface area contributed by atoms with Gasteiger partial charge < -0.3 is 5.32 Å². The first-order chi connectivity index (χ1) is 13.0. The second-order valence-electron chi connectivity index (χ2n) is 6.60. The Labute approximate surface area is 164 Å². The van der Waals surface area contributed by atoms with Crippen LogP contribution in [-0.4, -0.2) is 16.6 Å². The lowest BCUT2D eigenvalue weighted by atomic mass is 10.0. The average Bonchev–Trinajstić information content (AvgIpc) is 2.93.